The molecule has 186 valence electrons. The van der Waals surface area contributed by atoms with Crippen LogP contribution >= 0.6 is 0 Å². The Hall–Kier alpha value is -4.62. The zero-order chi connectivity index (χ0) is 25.8. The molecule has 1 aliphatic carbocycles. The Kier molecular flexibility index (Phi) is 6.62. The molecule has 0 unspecified atom stereocenters. The zero-order valence-corrected chi connectivity index (χ0v) is 20.0. The molecule has 0 aliphatic heterocycles. The fourth-order valence-corrected chi connectivity index (χ4v) is 4.43. The van der Waals surface area contributed by atoms with Crippen LogP contribution in [0, 0.1) is 12.3 Å². The van der Waals surface area contributed by atoms with Crippen molar-refractivity contribution in [3.05, 3.63) is 71.7 Å². The summed E-state index contributed by atoms with van der Waals surface area (Å²) in [5.74, 6) is 1.72. The van der Waals surface area contributed by atoms with Gasteiger partial charge < -0.3 is 15.5 Å². The summed E-state index contributed by atoms with van der Waals surface area (Å²) in [4.78, 5) is 24.7. The third kappa shape index (κ3) is 5.47. The van der Waals surface area contributed by atoms with E-state index in [4.69, 9.17) is 11.5 Å². The van der Waals surface area contributed by atoms with Gasteiger partial charge in [-0.3, -0.25) is 9.78 Å². The standard InChI is InChI=1S/C27H25N7O3/c1-2-18-7-5-8-19(13-18)21-14-22(31-26(30-21)28-15-25(35)36)23-17-34(33-32-23)16-20-9-6-10-24(29-20)27(37)11-3-4-12-27/h1,5-10,13-14,17,37H,3-4,11-12,15-16H2,(H,35,36)(H,28,30,31). The van der Waals surface area contributed by atoms with Gasteiger partial charge in [0.1, 0.15) is 17.8 Å². The van der Waals surface area contributed by atoms with E-state index in [9.17, 15) is 9.90 Å². The van der Waals surface area contributed by atoms with Gasteiger partial charge in [0.25, 0.3) is 0 Å². The van der Waals surface area contributed by atoms with Crippen LogP contribution in [-0.4, -0.2) is 52.7 Å². The molecule has 0 atom stereocenters. The number of benzene rings is 1. The molecule has 0 bridgehead atoms. The minimum Gasteiger partial charge on any atom is -0.480 e. The summed E-state index contributed by atoms with van der Waals surface area (Å²) < 4.78 is 1.64. The van der Waals surface area contributed by atoms with Crippen LogP contribution in [0.25, 0.3) is 22.6 Å². The van der Waals surface area contributed by atoms with Gasteiger partial charge in [0.05, 0.1) is 35.5 Å². The topological polar surface area (TPSA) is 139 Å². The second-order valence-electron chi connectivity index (χ2n) is 8.99. The summed E-state index contributed by atoms with van der Waals surface area (Å²) in [7, 11) is 0. The van der Waals surface area contributed by atoms with Crippen molar-refractivity contribution in [2.24, 2.45) is 0 Å². The van der Waals surface area contributed by atoms with Gasteiger partial charge in [0.15, 0.2) is 0 Å². The van der Waals surface area contributed by atoms with E-state index in [0.29, 0.717) is 34.9 Å². The number of hydrogen-bond donors (Lipinski definition) is 3. The van der Waals surface area contributed by atoms with E-state index in [2.05, 4.69) is 36.5 Å². The minimum absolute atomic E-state index is 0.148. The average molecular weight is 496 g/mol. The lowest BCUT2D eigenvalue weighted by atomic mass is 9.97. The molecular weight excluding hydrogens is 470 g/mol. The van der Waals surface area contributed by atoms with Crippen LogP contribution in [0.1, 0.15) is 42.6 Å². The van der Waals surface area contributed by atoms with Crippen molar-refractivity contribution in [3.8, 4) is 35.0 Å². The number of hydrogen-bond acceptors (Lipinski definition) is 8. The Balaban J connectivity index is 1.44. The molecule has 37 heavy (non-hydrogen) atoms. The van der Waals surface area contributed by atoms with Gasteiger partial charge in [-0.05, 0) is 43.2 Å². The summed E-state index contributed by atoms with van der Waals surface area (Å²) in [6.45, 7) is 0.0253. The summed E-state index contributed by atoms with van der Waals surface area (Å²) in [5, 5.41) is 31.2. The Morgan fingerprint density at radius 2 is 1.84 bits per heavy atom. The number of pyridine rings is 1. The van der Waals surface area contributed by atoms with Crippen LogP contribution in [0.15, 0.2) is 54.7 Å². The summed E-state index contributed by atoms with van der Waals surface area (Å²) in [6.07, 6.45) is 10.7. The minimum atomic E-state index is -1.03. The Morgan fingerprint density at radius 1 is 1.05 bits per heavy atom. The van der Waals surface area contributed by atoms with Gasteiger partial charge in [0, 0.05) is 11.1 Å². The van der Waals surface area contributed by atoms with E-state index in [1.807, 2.05) is 42.5 Å². The predicted octanol–water partition coefficient (Wildman–Crippen LogP) is 3.08. The average Bonchev–Trinajstić information content (AvgIpc) is 3.57. The maximum absolute atomic E-state index is 11.1. The predicted molar refractivity (Wildman–Crippen MR) is 136 cm³/mol. The number of carbonyl (C=O) groups is 1. The van der Waals surface area contributed by atoms with Crippen molar-refractivity contribution < 1.29 is 15.0 Å². The van der Waals surface area contributed by atoms with E-state index in [0.717, 1.165) is 36.9 Å². The molecule has 0 spiro atoms. The number of anilines is 1. The van der Waals surface area contributed by atoms with Crippen molar-refractivity contribution >= 4 is 11.9 Å². The zero-order valence-electron chi connectivity index (χ0n) is 20.0. The molecule has 1 saturated carbocycles. The first-order valence-corrected chi connectivity index (χ1v) is 11.9. The van der Waals surface area contributed by atoms with Crippen molar-refractivity contribution in [2.45, 2.75) is 37.8 Å². The molecule has 10 nitrogen and oxygen atoms in total. The van der Waals surface area contributed by atoms with Gasteiger partial charge >= 0.3 is 5.97 Å². The van der Waals surface area contributed by atoms with Gasteiger partial charge in [-0.1, -0.05) is 42.2 Å². The van der Waals surface area contributed by atoms with Crippen molar-refractivity contribution in [1.29, 1.82) is 0 Å². The van der Waals surface area contributed by atoms with Crippen molar-refractivity contribution in [1.82, 2.24) is 29.9 Å². The lowest BCUT2D eigenvalue weighted by molar-refractivity contribution is -0.134. The van der Waals surface area contributed by atoms with Gasteiger partial charge in [-0.2, -0.15) is 0 Å². The first-order valence-electron chi connectivity index (χ1n) is 11.9. The van der Waals surface area contributed by atoms with E-state index in [1.165, 1.54) is 0 Å². The molecule has 3 aromatic heterocycles. The fourth-order valence-electron chi connectivity index (χ4n) is 4.43. The number of carboxylic acids is 1. The van der Waals surface area contributed by atoms with Gasteiger partial charge in [0.2, 0.25) is 5.95 Å². The second-order valence-corrected chi connectivity index (χ2v) is 8.99. The van der Waals surface area contributed by atoms with Crippen LogP contribution in [0.5, 0.6) is 0 Å². The number of aliphatic carboxylic acids is 1. The Morgan fingerprint density at radius 3 is 2.62 bits per heavy atom. The first-order chi connectivity index (χ1) is 17.9. The molecule has 0 saturated heterocycles. The number of rotatable bonds is 8. The first kappa shape index (κ1) is 24.1. The molecule has 3 heterocycles. The van der Waals surface area contributed by atoms with E-state index < -0.39 is 11.6 Å². The number of terminal acetylenes is 1. The molecule has 3 N–H and O–H groups in total. The molecule has 1 fully saturated rings. The molecule has 4 aromatic rings. The Labute approximate surface area is 213 Å². The highest BCUT2D eigenvalue weighted by Crippen LogP contribution is 2.37. The molecule has 1 aromatic carbocycles. The highest BCUT2D eigenvalue weighted by molar-refractivity contribution is 5.73. The summed E-state index contributed by atoms with van der Waals surface area (Å²) >= 11 is 0. The smallest absolute Gasteiger partial charge is 0.322 e. The Bertz CT molecular complexity index is 1490. The van der Waals surface area contributed by atoms with Crippen LogP contribution in [0.2, 0.25) is 0 Å². The monoisotopic (exact) mass is 495 g/mol. The number of nitrogens with one attached hydrogen (secondary N) is 1. The van der Waals surface area contributed by atoms with Gasteiger partial charge in [-0.15, -0.1) is 11.5 Å². The van der Waals surface area contributed by atoms with Crippen LogP contribution in [0.3, 0.4) is 0 Å². The van der Waals surface area contributed by atoms with Crippen molar-refractivity contribution in [3.63, 3.8) is 0 Å². The highest BCUT2D eigenvalue weighted by atomic mass is 16.4. The number of aromatic nitrogens is 6. The lowest BCUT2D eigenvalue weighted by Crippen LogP contribution is -2.23. The van der Waals surface area contributed by atoms with E-state index in [1.54, 1.807) is 16.9 Å². The van der Waals surface area contributed by atoms with Crippen LogP contribution in [0.4, 0.5) is 5.95 Å². The fraction of sp³-hybridized carbons (Fsp3) is 0.259. The van der Waals surface area contributed by atoms with Gasteiger partial charge in [-0.25, -0.2) is 14.6 Å². The quantitative estimate of drug-likeness (QED) is 0.315. The summed E-state index contributed by atoms with van der Waals surface area (Å²) in [5.41, 5.74) is 3.55. The second kappa shape index (κ2) is 10.2. The molecule has 10 heteroatoms. The molecule has 0 amide bonds. The van der Waals surface area contributed by atoms with Crippen LogP contribution < -0.4 is 5.32 Å². The van der Waals surface area contributed by atoms with Crippen molar-refractivity contribution in [2.75, 3.05) is 11.9 Å². The lowest BCUT2D eigenvalue weighted by Gasteiger charge is -2.21. The maximum atomic E-state index is 11.1. The molecular formula is C27H25N7O3. The summed E-state index contributed by atoms with van der Waals surface area (Å²) in [6, 6.07) is 14.7. The van der Waals surface area contributed by atoms with E-state index in [-0.39, 0.29) is 12.5 Å². The van der Waals surface area contributed by atoms with Crippen LogP contribution in [-0.2, 0) is 16.9 Å². The maximum Gasteiger partial charge on any atom is 0.322 e. The molecule has 0 radical (unpaired) electrons. The van der Waals surface area contributed by atoms with E-state index >= 15 is 0 Å². The largest absolute Gasteiger partial charge is 0.480 e. The highest BCUT2D eigenvalue weighted by Gasteiger charge is 2.34. The molecule has 5 rings (SSSR count). The SMILES string of the molecule is C#Cc1cccc(-c2cc(-c3cn(Cc4cccc(C5(O)CCCC5)n4)nn3)nc(NCC(=O)O)n2)c1. The number of carboxylic acid groups (broad SMARTS) is 1. The number of aliphatic hydroxyl groups is 1. The number of nitrogens with zero attached hydrogens (tertiary/aromatic N) is 6. The third-order valence-electron chi connectivity index (χ3n) is 6.29. The molecule has 1 aliphatic rings. The normalized spacial score (nSPS) is 14.3. The third-order valence-corrected chi connectivity index (χ3v) is 6.29.